The van der Waals surface area contributed by atoms with Gasteiger partial charge in [-0.1, -0.05) is 25.6 Å². The van der Waals surface area contributed by atoms with E-state index in [-0.39, 0.29) is 32.8 Å². The van der Waals surface area contributed by atoms with Gasteiger partial charge in [0.15, 0.2) is 10.9 Å². The minimum absolute atomic E-state index is 0.0167. The molecule has 1 aromatic carbocycles. The molecule has 0 aliphatic carbocycles. The van der Waals surface area contributed by atoms with Crippen LogP contribution in [-0.4, -0.2) is 62.2 Å². The number of ketones is 1. The maximum Gasteiger partial charge on any atom is 0.263 e. The first kappa shape index (κ1) is 25.8. The van der Waals surface area contributed by atoms with Crippen molar-refractivity contribution in [1.82, 2.24) is 9.88 Å². The van der Waals surface area contributed by atoms with Crippen LogP contribution < -0.4 is 9.46 Å². The number of rotatable bonds is 11. The van der Waals surface area contributed by atoms with Crippen LogP contribution in [0, 0.1) is 5.41 Å². The van der Waals surface area contributed by atoms with Crippen LogP contribution in [0.3, 0.4) is 0 Å². The van der Waals surface area contributed by atoms with Gasteiger partial charge in [-0.05, 0) is 50.5 Å². The highest BCUT2D eigenvalue weighted by Crippen LogP contribution is 2.22. The van der Waals surface area contributed by atoms with Gasteiger partial charge in [0, 0.05) is 30.6 Å². The molecule has 0 spiro atoms. The third-order valence-electron chi connectivity index (χ3n) is 4.24. The molecule has 0 amide bonds. The van der Waals surface area contributed by atoms with Crippen molar-refractivity contribution >= 4 is 38.5 Å². The number of anilines is 1. The van der Waals surface area contributed by atoms with E-state index in [1.165, 1.54) is 37.4 Å². The van der Waals surface area contributed by atoms with Crippen molar-refractivity contribution in [3.63, 3.8) is 0 Å². The molecule has 1 N–H and O–H groups in total. The number of aromatic nitrogens is 1. The van der Waals surface area contributed by atoms with Crippen molar-refractivity contribution in [3.8, 4) is 5.75 Å². The Bertz CT molecular complexity index is 1030. The molecule has 10 heteroatoms. The lowest BCUT2D eigenvalue weighted by Crippen LogP contribution is -2.33. The van der Waals surface area contributed by atoms with Gasteiger partial charge in [0.05, 0.1) is 17.3 Å². The normalized spacial score (nSPS) is 11.9. The van der Waals surface area contributed by atoms with Crippen LogP contribution in [0.1, 0.15) is 31.1 Å². The molecule has 174 valence electrons. The summed E-state index contributed by atoms with van der Waals surface area (Å²) in [4.78, 5) is 29.1. The molecule has 0 atom stereocenters. The zero-order chi connectivity index (χ0) is 23.9. The number of nitrogens with one attached hydrogen (secondary N) is 1. The number of carbonyl (C=O) groups is 2. The summed E-state index contributed by atoms with van der Waals surface area (Å²) in [5, 5.41) is -0.149. The van der Waals surface area contributed by atoms with Crippen LogP contribution in [0.2, 0.25) is 0 Å². The Morgan fingerprint density at radius 2 is 1.78 bits per heavy atom. The predicted molar refractivity (Wildman–Crippen MR) is 127 cm³/mol. The number of thioether (sulfide) groups is 1. The number of pyridine rings is 1. The van der Waals surface area contributed by atoms with Gasteiger partial charge in [-0.2, -0.15) is 0 Å². The minimum Gasteiger partial charge on any atom is -0.493 e. The van der Waals surface area contributed by atoms with Gasteiger partial charge in [-0.15, -0.1) is 0 Å². The van der Waals surface area contributed by atoms with Gasteiger partial charge in [-0.3, -0.25) is 14.3 Å². The first-order valence-corrected chi connectivity index (χ1v) is 12.4. The average molecular weight is 480 g/mol. The molecule has 2 aromatic rings. The van der Waals surface area contributed by atoms with E-state index in [1.807, 2.05) is 14.1 Å². The van der Waals surface area contributed by atoms with Gasteiger partial charge >= 0.3 is 0 Å². The molecule has 2 rings (SSSR count). The minimum atomic E-state index is -3.85. The Balaban J connectivity index is 2.00. The number of hydrogen-bond donors (Lipinski definition) is 1. The number of Topliss-reactive ketones (excluding diaryl/α,β-unsaturated/α-hetero) is 1. The molecule has 0 bridgehead atoms. The number of sulfonamides is 1. The van der Waals surface area contributed by atoms with Gasteiger partial charge in [0.1, 0.15) is 11.6 Å². The maximum absolute atomic E-state index is 12.6. The molecule has 8 nitrogen and oxygen atoms in total. The lowest BCUT2D eigenvalue weighted by molar-refractivity contribution is -0.109. The fraction of sp³-hybridized carbons (Fsp3) is 0.409. The highest BCUT2D eigenvalue weighted by molar-refractivity contribution is 8.14. The van der Waals surface area contributed by atoms with E-state index >= 15 is 0 Å². The van der Waals surface area contributed by atoms with Gasteiger partial charge in [0.2, 0.25) is 0 Å². The third kappa shape index (κ3) is 8.25. The van der Waals surface area contributed by atoms with Crippen LogP contribution in [-0.2, 0) is 14.8 Å². The number of ether oxygens (including phenoxy) is 1. The highest BCUT2D eigenvalue weighted by atomic mass is 32.2. The monoisotopic (exact) mass is 479 g/mol. The zero-order valence-electron chi connectivity index (χ0n) is 18.9. The summed E-state index contributed by atoms with van der Waals surface area (Å²) in [5.41, 5.74) is 0.250. The van der Waals surface area contributed by atoms with Crippen molar-refractivity contribution in [3.05, 3.63) is 48.2 Å². The topological polar surface area (TPSA) is 106 Å². The second-order valence-electron chi connectivity index (χ2n) is 8.40. The molecular formula is C22H29N3O5S2. The number of nitrogens with zero attached hydrogens (tertiary/aromatic N) is 2. The Hall–Kier alpha value is -2.43. The molecule has 0 radical (unpaired) electrons. The zero-order valence-corrected chi connectivity index (χ0v) is 20.5. The van der Waals surface area contributed by atoms with E-state index in [0.29, 0.717) is 17.9 Å². The van der Waals surface area contributed by atoms with Crippen molar-refractivity contribution in [1.29, 1.82) is 0 Å². The standard InChI is InChI=1S/C22H29N3O5S2/c1-16(26)31-13-20(27)17-6-11-21(23-12-17)24-32(28,29)19-9-7-18(8-10-19)30-15-22(2,3)14-25(4)5/h6-12H,13-15H2,1-5H3,(H,23,24). The van der Waals surface area contributed by atoms with Crippen LogP contribution >= 0.6 is 11.8 Å². The maximum atomic E-state index is 12.6. The van der Waals surface area contributed by atoms with E-state index in [4.69, 9.17) is 4.74 Å². The molecule has 0 saturated carbocycles. The van der Waals surface area contributed by atoms with E-state index in [1.54, 1.807) is 12.1 Å². The summed E-state index contributed by atoms with van der Waals surface area (Å²) in [6, 6.07) is 9.04. The largest absolute Gasteiger partial charge is 0.493 e. The number of hydrogen-bond acceptors (Lipinski definition) is 8. The summed E-state index contributed by atoms with van der Waals surface area (Å²) in [7, 11) is 0.152. The van der Waals surface area contributed by atoms with Crippen molar-refractivity contribution in [2.45, 2.75) is 25.7 Å². The fourth-order valence-electron chi connectivity index (χ4n) is 2.96. The Morgan fingerprint density at radius 1 is 1.12 bits per heavy atom. The Labute approximate surface area is 193 Å². The third-order valence-corrected chi connectivity index (χ3v) is 6.42. The van der Waals surface area contributed by atoms with Gasteiger partial charge in [0.25, 0.3) is 10.0 Å². The van der Waals surface area contributed by atoms with Crippen LogP contribution in [0.25, 0.3) is 0 Å². The molecule has 0 aliphatic rings. The van der Waals surface area contributed by atoms with Gasteiger partial charge < -0.3 is 9.64 Å². The quantitative estimate of drug-likeness (QED) is 0.490. The van der Waals surface area contributed by atoms with E-state index in [9.17, 15) is 18.0 Å². The summed E-state index contributed by atoms with van der Waals surface area (Å²) in [6.07, 6.45) is 1.29. The van der Waals surface area contributed by atoms with Crippen molar-refractivity contribution < 1.29 is 22.7 Å². The second kappa shape index (κ2) is 10.9. The van der Waals surface area contributed by atoms with E-state index in [2.05, 4.69) is 28.5 Å². The van der Waals surface area contributed by atoms with Crippen molar-refractivity contribution in [2.75, 3.05) is 37.7 Å². The van der Waals surface area contributed by atoms with E-state index in [0.717, 1.165) is 18.3 Å². The molecule has 1 aromatic heterocycles. The summed E-state index contributed by atoms with van der Waals surface area (Å²) in [6.45, 7) is 6.94. The molecule has 0 unspecified atom stereocenters. The van der Waals surface area contributed by atoms with Crippen LogP contribution in [0.15, 0.2) is 47.5 Å². The Kier molecular flexibility index (Phi) is 8.82. The lowest BCUT2D eigenvalue weighted by Gasteiger charge is -2.28. The summed E-state index contributed by atoms with van der Waals surface area (Å²) < 4.78 is 33.5. The molecule has 0 saturated heterocycles. The molecule has 1 heterocycles. The van der Waals surface area contributed by atoms with E-state index < -0.39 is 10.0 Å². The SMILES string of the molecule is CC(=O)SCC(=O)c1ccc(NS(=O)(=O)c2ccc(OCC(C)(C)CN(C)C)cc2)nc1. The van der Waals surface area contributed by atoms with Gasteiger partial charge in [-0.25, -0.2) is 13.4 Å². The van der Waals surface area contributed by atoms with Crippen molar-refractivity contribution in [2.24, 2.45) is 5.41 Å². The first-order chi connectivity index (χ1) is 14.9. The summed E-state index contributed by atoms with van der Waals surface area (Å²) >= 11 is 0.914. The van der Waals surface area contributed by atoms with Crippen LogP contribution in [0.5, 0.6) is 5.75 Å². The summed E-state index contributed by atoms with van der Waals surface area (Å²) in [5.74, 6) is 0.436. The molecule has 0 aliphatic heterocycles. The fourth-order valence-corrected chi connectivity index (χ4v) is 4.47. The average Bonchev–Trinajstić information content (AvgIpc) is 2.70. The number of carbonyl (C=O) groups excluding carboxylic acids is 2. The second-order valence-corrected chi connectivity index (χ2v) is 11.2. The molecule has 0 fully saturated rings. The Morgan fingerprint density at radius 3 is 2.31 bits per heavy atom. The smallest absolute Gasteiger partial charge is 0.263 e. The lowest BCUT2D eigenvalue weighted by atomic mass is 9.94. The highest BCUT2D eigenvalue weighted by Gasteiger charge is 2.20. The van der Waals surface area contributed by atoms with Crippen LogP contribution in [0.4, 0.5) is 5.82 Å². The molecular weight excluding hydrogens is 450 g/mol. The first-order valence-electron chi connectivity index (χ1n) is 9.91. The predicted octanol–water partition coefficient (Wildman–Crippen LogP) is 3.31. The number of benzene rings is 1. The molecule has 32 heavy (non-hydrogen) atoms.